The normalized spacial score (nSPS) is 12.3. The van der Waals surface area contributed by atoms with Crippen LogP contribution in [0.4, 0.5) is 13.2 Å². The van der Waals surface area contributed by atoms with Crippen LogP contribution in [0.25, 0.3) is 0 Å². The Balaban J connectivity index is 2.13. The second-order valence-electron chi connectivity index (χ2n) is 6.24. The van der Waals surface area contributed by atoms with E-state index in [1.54, 1.807) is 25.1 Å². The van der Waals surface area contributed by atoms with E-state index in [1.807, 2.05) is 13.8 Å². The number of carbonyl (C=O) groups excluding carboxylic acids is 1. The number of hydrogen-bond acceptors (Lipinski definition) is 4. The largest absolute Gasteiger partial charge is 0.490 e. The van der Waals surface area contributed by atoms with Crippen molar-refractivity contribution in [1.29, 1.82) is 0 Å². The first-order valence-corrected chi connectivity index (χ1v) is 9.12. The number of pyridine rings is 1. The second kappa shape index (κ2) is 9.49. The van der Waals surface area contributed by atoms with Crippen molar-refractivity contribution in [3.05, 3.63) is 58.0 Å². The molecule has 2 aromatic rings. The van der Waals surface area contributed by atoms with Gasteiger partial charge in [0.25, 0.3) is 5.56 Å². The summed E-state index contributed by atoms with van der Waals surface area (Å²) in [6.45, 7) is 5.78. The number of aromatic nitrogens is 1. The highest BCUT2D eigenvalue weighted by molar-refractivity contribution is 5.76. The molecule has 6 nitrogen and oxygen atoms in total. The Kier molecular flexibility index (Phi) is 7.30. The Morgan fingerprint density at radius 3 is 2.38 bits per heavy atom. The predicted octanol–water partition coefficient (Wildman–Crippen LogP) is 3.54. The van der Waals surface area contributed by atoms with Gasteiger partial charge < -0.3 is 19.4 Å². The molecule has 2 rings (SSSR count). The van der Waals surface area contributed by atoms with Gasteiger partial charge in [0.05, 0.1) is 24.8 Å². The third-order valence-electron chi connectivity index (χ3n) is 4.07. The van der Waals surface area contributed by atoms with Crippen molar-refractivity contribution in [3.63, 3.8) is 0 Å². The maximum absolute atomic E-state index is 12.8. The summed E-state index contributed by atoms with van der Waals surface area (Å²) in [4.78, 5) is 24.1. The minimum absolute atomic E-state index is 0.433. The monoisotopic (exact) mass is 412 g/mol. The summed E-state index contributed by atoms with van der Waals surface area (Å²) < 4.78 is 50.2. The molecule has 158 valence electrons. The van der Waals surface area contributed by atoms with Crippen LogP contribution in [-0.2, 0) is 17.5 Å². The van der Waals surface area contributed by atoms with Crippen molar-refractivity contribution in [1.82, 2.24) is 9.88 Å². The standard InChI is InChI=1S/C20H23F3N2O4/c1-4-28-16-8-6-14(10-17(16)29-5-2)13(3)24-18(26)12-25-11-15(20(21,22)23)7-9-19(25)27/h6-11,13H,4-5,12H2,1-3H3,(H,24,26). The maximum Gasteiger partial charge on any atom is 0.417 e. The van der Waals surface area contributed by atoms with E-state index in [0.29, 0.717) is 37.0 Å². The molecule has 1 heterocycles. The SMILES string of the molecule is CCOc1ccc(C(C)NC(=O)Cn2cc(C(F)(F)F)ccc2=O)cc1OCC. The molecule has 0 bridgehead atoms. The molecule has 0 aliphatic carbocycles. The molecular formula is C20H23F3N2O4. The van der Waals surface area contributed by atoms with Gasteiger partial charge in [-0.25, -0.2) is 0 Å². The molecule has 1 N–H and O–H groups in total. The van der Waals surface area contributed by atoms with Crippen LogP contribution in [0.3, 0.4) is 0 Å². The number of nitrogens with zero attached hydrogens (tertiary/aromatic N) is 1. The Labute approximate surface area is 166 Å². The summed E-state index contributed by atoms with van der Waals surface area (Å²) in [5, 5.41) is 2.67. The van der Waals surface area contributed by atoms with Crippen LogP contribution in [-0.4, -0.2) is 23.7 Å². The van der Waals surface area contributed by atoms with Gasteiger partial charge in [-0.1, -0.05) is 6.07 Å². The van der Waals surface area contributed by atoms with E-state index < -0.39 is 35.8 Å². The Morgan fingerprint density at radius 2 is 1.76 bits per heavy atom. The van der Waals surface area contributed by atoms with Crippen molar-refractivity contribution >= 4 is 5.91 Å². The third-order valence-corrected chi connectivity index (χ3v) is 4.07. The summed E-state index contributed by atoms with van der Waals surface area (Å²) in [6.07, 6.45) is -3.96. The van der Waals surface area contributed by atoms with Crippen molar-refractivity contribution in [2.75, 3.05) is 13.2 Å². The van der Waals surface area contributed by atoms with E-state index in [-0.39, 0.29) is 0 Å². The number of amides is 1. The van der Waals surface area contributed by atoms with E-state index >= 15 is 0 Å². The summed E-state index contributed by atoms with van der Waals surface area (Å²) in [5.74, 6) is 0.514. The average Bonchev–Trinajstić information content (AvgIpc) is 2.64. The van der Waals surface area contributed by atoms with Crippen molar-refractivity contribution in [2.45, 2.75) is 39.5 Å². The molecule has 0 saturated carbocycles. The number of ether oxygens (including phenoxy) is 2. The highest BCUT2D eigenvalue weighted by Crippen LogP contribution is 2.31. The molecule has 1 unspecified atom stereocenters. The molecule has 9 heteroatoms. The first kappa shape index (κ1) is 22.3. The van der Waals surface area contributed by atoms with E-state index in [1.165, 1.54) is 0 Å². The van der Waals surface area contributed by atoms with E-state index in [0.717, 1.165) is 16.2 Å². The molecule has 0 saturated heterocycles. The molecule has 0 radical (unpaired) electrons. The summed E-state index contributed by atoms with van der Waals surface area (Å²) in [7, 11) is 0. The van der Waals surface area contributed by atoms with E-state index in [4.69, 9.17) is 9.47 Å². The number of alkyl halides is 3. The molecule has 0 spiro atoms. The van der Waals surface area contributed by atoms with Gasteiger partial charge in [-0.15, -0.1) is 0 Å². The topological polar surface area (TPSA) is 69.6 Å². The van der Waals surface area contributed by atoms with Gasteiger partial charge in [-0.05, 0) is 44.5 Å². The zero-order chi connectivity index (χ0) is 21.6. The number of halogens is 3. The smallest absolute Gasteiger partial charge is 0.417 e. The van der Waals surface area contributed by atoms with Crippen LogP contribution in [0, 0.1) is 0 Å². The summed E-state index contributed by atoms with van der Waals surface area (Å²) in [6, 6.07) is 6.24. The lowest BCUT2D eigenvalue weighted by atomic mass is 10.1. The Morgan fingerprint density at radius 1 is 1.10 bits per heavy atom. The van der Waals surface area contributed by atoms with Gasteiger partial charge in [0.1, 0.15) is 6.54 Å². The van der Waals surface area contributed by atoms with E-state index in [9.17, 15) is 22.8 Å². The van der Waals surface area contributed by atoms with Crippen molar-refractivity contribution in [3.8, 4) is 11.5 Å². The number of hydrogen-bond donors (Lipinski definition) is 1. The molecule has 1 aromatic carbocycles. The zero-order valence-corrected chi connectivity index (χ0v) is 16.4. The van der Waals surface area contributed by atoms with Gasteiger partial charge >= 0.3 is 6.18 Å². The Bertz CT molecular complexity index is 909. The van der Waals surface area contributed by atoms with Crippen LogP contribution in [0.2, 0.25) is 0 Å². The number of rotatable bonds is 8. The third kappa shape index (κ3) is 6.00. The lowest BCUT2D eigenvalue weighted by Crippen LogP contribution is -2.34. The fourth-order valence-electron chi connectivity index (χ4n) is 2.68. The average molecular weight is 412 g/mol. The van der Waals surface area contributed by atoms with Crippen molar-refractivity contribution < 1.29 is 27.4 Å². The minimum atomic E-state index is -4.60. The molecule has 0 aliphatic heterocycles. The quantitative estimate of drug-likeness (QED) is 0.720. The summed E-state index contributed by atoms with van der Waals surface area (Å²) in [5.41, 5.74) is -0.965. The first-order valence-electron chi connectivity index (χ1n) is 9.12. The number of carbonyl (C=O) groups is 1. The second-order valence-corrected chi connectivity index (χ2v) is 6.24. The minimum Gasteiger partial charge on any atom is -0.490 e. The lowest BCUT2D eigenvalue weighted by Gasteiger charge is -2.18. The highest BCUT2D eigenvalue weighted by Gasteiger charge is 2.31. The Hall–Kier alpha value is -2.97. The zero-order valence-electron chi connectivity index (χ0n) is 16.4. The molecule has 1 aromatic heterocycles. The summed E-state index contributed by atoms with van der Waals surface area (Å²) >= 11 is 0. The van der Waals surface area contributed by atoms with Gasteiger partial charge in [-0.2, -0.15) is 13.2 Å². The first-order chi connectivity index (χ1) is 13.7. The van der Waals surface area contributed by atoms with Crippen LogP contribution >= 0.6 is 0 Å². The van der Waals surface area contributed by atoms with Gasteiger partial charge in [0, 0.05) is 12.3 Å². The fourth-order valence-corrected chi connectivity index (χ4v) is 2.68. The molecule has 0 aliphatic rings. The van der Waals surface area contributed by atoms with Gasteiger partial charge in [-0.3, -0.25) is 9.59 Å². The molecule has 0 fully saturated rings. The van der Waals surface area contributed by atoms with Crippen LogP contribution in [0.1, 0.15) is 37.9 Å². The van der Waals surface area contributed by atoms with Crippen LogP contribution in [0.5, 0.6) is 11.5 Å². The lowest BCUT2D eigenvalue weighted by molar-refractivity contribution is -0.138. The van der Waals surface area contributed by atoms with Gasteiger partial charge in [0.2, 0.25) is 5.91 Å². The van der Waals surface area contributed by atoms with Crippen LogP contribution in [0.15, 0.2) is 41.3 Å². The van der Waals surface area contributed by atoms with Crippen molar-refractivity contribution in [2.24, 2.45) is 0 Å². The molecule has 1 atom stereocenters. The fraction of sp³-hybridized carbons (Fsp3) is 0.400. The maximum atomic E-state index is 12.8. The molecular weight excluding hydrogens is 389 g/mol. The van der Waals surface area contributed by atoms with Gasteiger partial charge in [0.15, 0.2) is 11.5 Å². The molecule has 1 amide bonds. The van der Waals surface area contributed by atoms with E-state index in [2.05, 4.69) is 5.32 Å². The highest BCUT2D eigenvalue weighted by atomic mass is 19.4. The molecule has 29 heavy (non-hydrogen) atoms. The number of nitrogens with one attached hydrogen (secondary N) is 1. The number of benzene rings is 1. The predicted molar refractivity (Wildman–Crippen MR) is 101 cm³/mol. The van der Waals surface area contributed by atoms with Crippen LogP contribution < -0.4 is 20.3 Å².